The van der Waals surface area contributed by atoms with Gasteiger partial charge in [0.1, 0.15) is 0 Å². The lowest BCUT2D eigenvalue weighted by Crippen LogP contribution is -2.40. The highest BCUT2D eigenvalue weighted by atomic mass is 32.2. The fourth-order valence-electron chi connectivity index (χ4n) is 3.80. The van der Waals surface area contributed by atoms with Gasteiger partial charge in [0.2, 0.25) is 10.0 Å². The number of aromatic amines is 1. The molecule has 0 unspecified atom stereocenters. The van der Waals surface area contributed by atoms with Crippen LogP contribution >= 0.6 is 0 Å². The third-order valence-electron chi connectivity index (χ3n) is 5.53. The molecule has 0 aliphatic carbocycles. The van der Waals surface area contributed by atoms with E-state index in [2.05, 4.69) is 4.98 Å². The molecule has 0 amide bonds. The molecule has 1 aliphatic heterocycles. The van der Waals surface area contributed by atoms with E-state index < -0.39 is 10.0 Å². The van der Waals surface area contributed by atoms with Gasteiger partial charge in [0.05, 0.1) is 15.9 Å². The van der Waals surface area contributed by atoms with Crippen molar-refractivity contribution >= 4 is 21.1 Å². The highest BCUT2D eigenvalue weighted by Gasteiger charge is 2.31. The third-order valence-corrected chi connectivity index (χ3v) is 7.42. The van der Waals surface area contributed by atoms with Crippen molar-refractivity contribution in [2.45, 2.75) is 37.6 Å². The Labute approximate surface area is 158 Å². The third kappa shape index (κ3) is 3.11. The fourth-order valence-corrected chi connectivity index (χ4v) is 5.36. The van der Waals surface area contributed by atoms with Crippen LogP contribution < -0.4 is 5.69 Å². The van der Waals surface area contributed by atoms with Crippen molar-refractivity contribution < 1.29 is 8.42 Å². The second kappa shape index (κ2) is 6.65. The van der Waals surface area contributed by atoms with E-state index in [0.717, 1.165) is 22.2 Å². The van der Waals surface area contributed by atoms with Gasteiger partial charge in [-0.05, 0) is 62.1 Å². The Morgan fingerprint density at radius 2 is 1.70 bits per heavy atom. The quantitative estimate of drug-likeness (QED) is 0.753. The number of aryl methyl sites for hydroxylation is 2. The number of nitrogens with one attached hydrogen (secondary N) is 1. The first-order chi connectivity index (χ1) is 12.9. The zero-order valence-corrected chi connectivity index (χ0v) is 16.3. The van der Waals surface area contributed by atoms with Crippen LogP contribution in [0.1, 0.15) is 30.0 Å². The first-order valence-corrected chi connectivity index (χ1v) is 10.6. The minimum atomic E-state index is -3.51. The Kier molecular flexibility index (Phi) is 4.44. The van der Waals surface area contributed by atoms with Crippen LogP contribution in [0.4, 0.5) is 0 Å². The number of sulfonamides is 1. The molecule has 27 heavy (non-hydrogen) atoms. The van der Waals surface area contributed by atoms with Crippen molar-refractivity contribution in [3.8, 4) is 0 Å². The van der Waals surface area contributed by atoms with Crippen molar-refractivity contribution in [2.75, 3.05) is 13.1 Å². The molecule has 4 rings (SSSR count). The number of imidazole rings is 1. The molecule has 0 atom stereocenters. The SMILES string of the molecule is Cc1ccc(S(=O)(=O)N2CCC(n3c(=O)[nH]c4ccccc43)CC2)cc1C. The average Bonchev–Trinajstić information content (AvgIpc) is 2.99. The minimum Gasteiger partial charge on any atom is -0.306 e. The number of aromatic nitrogens is 2. The molecule has 6 nitrogen and oxygen atoms in total. The van der Waals surface area contributed by atoms with Gasteiger partial charge in [-0.3, -0.25) is 4.57 Å². The molecule has 3 aromatic rings. The number of piperidine rings is 1. The Morgan fingerprint density at radius 3 is 2.41 bits per heavy atom. The Morgan fingerprint density at radius 1 is 1.00 bits per heavy atom. The van der Waals surface area contributed by atoms with Gasteiger partial charge < -0.3 is 4.98 Å². The number of nitrogens with zero attached hydrogens (tertiary/aromatic N) is 2. The first kappa shape index (κ1) is 18.0. The summed E-state index contributed by atoms with van der Waals surface area (Å²) in [6.07, 6.45) is 1.23. The fraction of sp³-hybridized carbons (Fsp3) is 0.350. The van der Waals surface area contributed by atoms with Crippen molar-refractivity contribution in [2.24, 2.45) is 0 Å². The van der Waals surface area contributed by atoms with E-state index in [1.807, 2.05) is 44.2 Å². The zero-order valence-electron chi connectivity index (χ0n) is 15.5. The van der Waals surface area contributed by atoms with Gasteiger partial charge in [-0.2, -0.15) is 4.31 Å². The summed E-state index contributed by atoms with van der Waals surface area (Å²) in [7, 11) is -3.51. The number of para-hydroxylation sites is 2. The van der Waals surface area contributed by atoms with Crippen LogP contribution in [0.5, 0.6) is 0 Å². The van der Waals surface area contributed by atoms with E-state index in [-0.39, 0.29) is 11.7 Å². The summed E-state index contributed by atoms with van der Waals surface area (Å²) in [6, 6.07) is 12.9. The number of H-pyrrole nitrogens is 1. The van der Waals surface area contributed by atoms with Gasteiger partial charge in [-0.15, -0.1) is 0 Å². The molecule has 2 heterocycles. The predicted molar refractivity (Wildman–Crippen MR) is 106 cm³/mol. The molecule has 1 aliphatic rings. The molecule has 0 bridgehead atoms. The van der Waals surface area contributed by atoms with Crippen molar-refractivity contribution in [1.82, 2.24) is 13.9 Å². The van der Waals surface area contributed by atoms with Crippen molar-refractivity contribution in [3.05, 3.63) is 64.1 Å². The Bertz CT molecular complexity index is 1150. The second-order valence-electron chi connectivity index (χ2n) is 7.20. The number of fused-ring (bicyclic) bond motifs is 1. The van der Waals surface area contributed by atoms with E-state index in [1.54, 1.807) is 16.7 Å². The number of hydrogen-bond acceptors (Lipinski definition) is 3. The van der Waals surface area contributed by atoms with Gasteiger partial charge in [-0.1, -0.05) is 18.2 Å². The number of benzene rings is 2. The van der Waals surface area contributed by atoms with Gasteiger partial charge in [-0.25, -0.2) is 13.2 Å². The van der Waals surface area contributed by atoms with Crippen LogP contribution in [0.2, 0.25) is 0 Å². The van der Waals surface area contributed by atoms with Crippen LogP contribution in [-0.2, 0) is 10.0 Å². The normalized spacial score (nSPS) is 16.8. The molecular weight excluding hydrogens is 362 g/mol. The maximum atomic E-state index is 13.0. The highest BCUT2D eigenvalue weighted by molar-refractivity contribution is 7.89. The lowest BCUT2D eigenvalue weighted by molar-refractivity contribution is 0.274. The number of rotatable bonds is 3. The lowest BCUT2D eigenvalue weighted by atomic mass is 10.1. The minimum absolute atomic E-state index is 0.000135. The number of hydrogen-bond donors (Lipinski definition) is 1. The molecule has 1 fully saturated rings. The summed E-state index contributed by atoms with van der Waals surface area (Å²) < 4.78 is 29.3. The lowest BCUT2D eigenvalue weighted by Gasteiger charge is -2.31. The molecule has 1 N–H and O–H groups in total. The first-order valence-electron chi connectivity index (χ1n) is 9.14. The van der Waals surface area contributed by atoms with E-state index in [1.165, 1.54) is 4.31 Å². The molecular formula is C20H23N3O3S. The molecule has 2 aromatic carbocycles. The highest BCUT2D eigenvalue weighted by Crippen LogP contribution is 2.28. The maximum Gasteiger partial charge on any atom is 0.326 e. The summed E-state index contributed by atoms with van der Waals surface area (Å²) >= 11 is 0. The molecule has 142 valence electrons. The molecule has 0 radical (unpaired) electrons. The predicted octanol–water partition coefficient (Wildman–Crippen LogP) is 2.97. The van der Waals surface area contributed by atoms with Crippen LogP contribution in [0.25, 0.3) is 11.0 Å². The Balaban J connectivity index is 1.57. The molecule has 1 saturated heterocycles. The topological polar surface area (TPSA) is 75.2 Å². The smallest absolute Gasteiger partial charge is 0.306 e. The summed E-state index contributed by atoms with van der Waals surface area (Å²) in [5, 5.41) is 0. The molecule has 1 aromatic heterocycles. The summed E-state index contributed by atoms with van der Waals surface area (Å²) in [5.41, 5.74) is 3.60. The van der Waals surface area contributed by atoms with E-state index in [4.69, 9.17) is 0 Å². The summed E-state index contributed by atoms with van der Waals surface area (Å²) in [5.74, 6) is 0. The standard InChI is InChI=1S/C20H23N3O3S/c1-14-7-8-17(13-15(14)2)27(25,26)22-11-9-16(10-12-22)23-19-6-4-3-5-18(19)21-20(23)24/h3-8,13,16H,9-12H2,1-2H3,(H,21,24). The zero-order chi connectivity index (χ0) is 19.2. The summed E-state index contributed by atoms with van der Waals surface area (Å²) in [6.45, 7) is 4.71. The Hall–Kier alpha value is -2.38. The van der Waals surface area contributed by atoms with Crippen LogP contribution in [-0.4, -0.2) is 35.4 Å². The van der Waals surface area contributed by atoms with E-state index in [0.29, 0.717) is 30.8 Å². The van der Waals surface area contributed by atoms with Crippen molar-refractivity contribution in [3.63, 3.8) is 0 Å². The molecule has 7 heteroatoms. The molecule has 0 saturated carbocycles. The summed E-state index contributed by atoms with van der Waals surface area (Å²) in [4.78, 5) is 15.6. The van der Waals surface area contributed by atoms with Gasteiger partial charge in [0.25, 0.3) is 0 Å². The average molecular weight is 385 g/mol. The van der Waals surface area contributed by atoms with E-state index >= 15 is 0 Å². The maximum absolute atomic E-state index is 13.0. The van der Waals surface area contributed by atoms with Crippen molar-refractivity contribution in [1.29, 1.82) is 0 Å². The second-order valence-corrected chi connectivity index (χ2v) is 9.14. The van der Waals surface area contributed by atoms with Gasteiger partial charge >= 0.3 is 5.69 Å². The van der Waals surface area contributed by atoms with Gasteiger partial charge in [0, 0.05) is 19.1 Å². The largest absolute Gasteiger partial charge is 0.326 e. The molecule has 0 spiro atoms. The van der Waals surface area contributed by atoms with Crippen LogP contribution in [0.3, 0.4) is 0 Å². The van der Waals surface area contributed by atoms with E-state index in [9.17, 15) is 13.2 Å². The monoisotopic (exact) mass is 385 g/mol. The van der Waals surface area contributed by atoms with Crippen LogP contribution in [0, 0.1) is 13.8 Å². The van der Waals surface area contributed by atoms with Gasteiger partial charge in [0.15, 0.2) is 0 Å². The van der Waals surface area contributed by atoms with Crippen LogP contribution in [0.15, 0.2) is 52.2 Å².